The Bertz CT molecular complexity index is 655. The molecule has 0 amide bonds. The van der Waals surface area contributed by atoms with E-state index in [-0.39, 0.29) is 5.41 Å². The van der Waals surface area contributed by atoms with E-state index in [1.54, 1.807) is 0 Å². The van der Waals surface area contributed by atoms with Crippen molar-refractivity contribution in [1.29, 1.82) is 0 Å². The van der Waals surface area contributed by atoms with Gasteiger partial charge in [0.15, 0.2) is 0 Å². The van der Waals surface area contributed by atoms with Gasteiger partial charge in [0.1, 0.15) is 5.78 Å². The maximum absolute atomic E-state index is 12.3. The van der Waals surface area contributed by atoms with E-state index < -0.39 is 0 Å². The SMILES string of the molecule is O=C1Cc2cc3ccccc3cc2CC12CNC2. The molecule has 2 aromatic rings. The van der Waals surface area contributed by atoms with Gasteiger partial charge < -0.3 is 5.32 Å². The van der Waals surface area contributed by atoms with Gasteiger partial charge in [0.2, 0.25) is 0 Å². The summed E-state index contributed by atoms with van der Waals surface area (Å²) in [6.07, 6.45) is 1.53. The first-order chi connectivity index (χ1) is 8.77. The molecule has 0 unspecified atom stereocenters. The van der Waals surface area contributed by atoms with Gasteiger partial charge in [-0.15, -0.1) is 0 Å². The smallest absolute Gasteiger partial charge is 0.146 e. The van der Waals surface area contributed by atoms with Gasteiger partial charge in [-0.05, 0) is 28.3 Å². The van der Waals surface area contributed by atoms with Crippen molar-refractivity contribution in [3.63, 3.8) is 0 Å². The summed E-state index contributed by atoms with van der Waals surface area (Å²) in [4.78, 5) is 12.3. The van der Waals surface area contributed by atoms with Gasteiger partial charge in [0, 0.05) is 19.5 Å². The Labute approximate surface area is 106 Å². The van der Waals surface area contributed by atoms with Crippen LogP contribution >= 0.6 is 0 Å². The first-order valence-corrected chi connectivity index (χ1v) is 6.51. The normalized spacial score (nSPS) is 20.8. The number of hydrogen-bond acceptors (Lipinski definition) is 2. The standard InChI is InChI=1S/C16H15NO/c18-15-7-13-5-11-3-1-2-4-12(11)6-14(13)8-16(15)9-17-10-16/h1-6,17H,7-10H2. The lowest BCUT2D eigenvalue weighted by molar-refractivity contribution is -0.131. The summed E-state index contributed by atoms with van der Waals surface area (Å²) >= 11 is 0. The van der Waals surface area contributed by atoms with Crippen LogP contribution in [-0.2, 0) is 17.6 Å². The first-order valence-electron chi connectivity index (χ1n) is 6.51. The molecule has 1 aliphatic carbocycles. The molecule has 0 bridgehead atoms. The molecule has 0 atom stereocenters. The maximum atomic E-state index is 12.3. The molecule has 1 N–H and O–H groups in total. The second-order valence-electron chi connectivity index (χ2n) is 5.63. The fourth-order valence-corrected chi connectivity index (χ4v) is 3.24. The lowest BCUT2D eigenvalue weighted by Gasteiger charge is -2.44. The van der Waals surface area contributed by atoms with Crippen molar-refractivity contribution in [3.8, 4) is 0 Å². The molecule has 1 spiro atoms. The zero-order valence-corrected chi connectivity index (χ0v) is 10.2. The fourth-order valence-electron chi connectivity index (χ4n) is 3.24. The van der Waals surface area contributed by atoms with E-state index in [9.17, 15) is 4.79 Å². The molecular formula is C16H15NO. The molecule has 2 aromatic carbocycles. The van der Waals surface area contributed by atoms with Crippen molar-refractivity contribution in [2.45, 2.75) is 12.8 Å². The van der Waals surface area contributed by atoms with Crippen molar-refractivity contribution < 1.29 is 4.79 Å². The average Bonchev–Trinajstić information content (AvgIpc) is 2.33. The van der Waals surface area contributed by atoms with Crippen molar-refractivity contribution in [1.82, 2.24) is 5.32 Å². The molecule has 1 saturated heterocycles. The minimum Gasteiger partial charge on any atom is -0.315 e. The summed E-state index contributed by atoms with van der Waals surface area (Å²) in [5, 5.41) is 5.78. The molecule has 0 radical (unpaired) electrons. The first kappa shape index (κ1) is 10.3. The molecule has 0 saturated carbocycles. The zero-order valence-electron chi connectivity index (χ0n) is 10.2. The third kappa shape index (κ3) is 1.30. The highest BCUT2D eigenvalue weighted by Crippen LogP contribution is 2.37. The second-order valence-corrected chi connectivity index (χ2v) is 5.63. The Morgan fingerprint density at radius 1 is 1.00 bits per heavy atom. The number of rotatable bonds is 0. The number of hydrogen-bond donors (Lipinski definition) is 1. The molecular weight excluding hydrogens is 222 g/mol. The van der Waals surface area contributed by atoms with E-state index >= 15 is 0 Å². The van der Waals surface area contributed by atoms with Crippen LogP contribution in [0.1, 0.15) is 11.1 Å². The minimum atomic E-state index is -0.0878. The topological polar surface area (TPSA) is 29.1 Å². The number of carbonyl (C=O) groups is 1. The summed E-state index contributed by atoms with van der Waals surface area (Å²) in [5.41, 5.74) is 2.51. The van der Waals surface area contributed by atoms with Crippen LogP contribution in [0.5, 0.6) is 0 Å². The summed E-state index contributed by atoms with van der Waals surface area (Å²) < 4.78 is 0. The predicted molar refractivity (Wildman–Crippen MR) is 71.7 cm³/mol. The van der Waals surface area contributed by atoms with Crippen LogP contribution in [0, 0.1) is 5.41 Å². The van der Waals surface area contributed by atoms with Gasteiger partial charge in [-0.2, -0.15) is 0 Å². The predicted octanol–water partition coefficient (Wildman–Crippen LogP) is 2.10. The Hall–Kier alpha value is -1.67. The number of fused-ring (bicyclic) bond motifs is 2. The van der Waals surface area contributed by atoms with E-state index in [1.165, 1.54) is 21.9 Å². The largest absolute Gasteiger partial charge is 0.315 e. The molecule has 2 nitrogen and oxygen atoms in total. The van der Waals surface area contributed by atoms with Crippen molar-refractivity contribution in [3.05, 3.63) is 47.5 Å². The van der Waals surface area contributed by atoms with Crippen LogP contribution in [-0.4, -0.2) is 18.9 Å². The number of carbonyl (C=O) groups excluding carboxylic acids is 1. The van der Waals surface area contributed by atoms with Crippen molar-refractivity contribution in [2.75, 3.05) is 13.1 Å². The third-order valence-corrected chi connectivity index (χ3v) is 4.47. The lowest BCUT2D eigenvalue weighted by atomic mass is 9.66. The van der Waals surface area contributed by atoms with Crippen LogP contribution in [0.25, 0.3) is 10.8 Å². The highest BCUT2D eigenvalue weighted by Gasteiger charge is 2.46. The molecule has 0 aromatic heterocycles. The second kappa shape index (κ2) is 3.42. The number of benzene rings is 2. The Morgan fingerprint density at radius 2 is 1.67 bits per heavy atom. The van der Waals surface area contributed by atoms with Gasteiger partial charge in [-0.25, -0.2) is 0 Å². The molecule has 18 heavy (non-hydrogen) atoms. The quantitative estimate of drug-likeness (QED) is 0.760. The average molecular weight is 237 g/mol. The van der Waals surface area contributed by atoms with E-state index in [0.717, 1.165) is 19.5 Å². The highest BCUT2D eigenvalue weighted by atomic mass is 16.1. The Kier molecular flexibility index (Phi) is 1.95. The lowest BCUT2D eigenvalue weighted by Crippen LogP contribution is -2.61. The Balaban J connectivity index is 1.88. The molecule has 4 rings (SSSR count). The van der Waals surface area contributed by atoms with E-state index in [4.69, 9.17) is 0 Å². The van der Waals surface area contributed by atoms with Gasteiger partial charge in [-0.3, -0.25) is 4.79 Å². The summed E-state index contributed by atoms with van der Waals surface area (Å²) in [5.74, 6) is 0.420. The molecule has 2 heteroatoms. The van der Waals surface area contributed by atoms with Gasteiger partial charge >= 0.3 is 0 Å². The summed E-state index contributed by atoms with van der Waals surface area (Å²) in [6, 6.07) is 12.9. The van der Waals surface area contributed by atoms with E-state index in [1.807, 2.05) is 0 Å². The summed E-state index contributed by atoms with van der Waals surface area (Å²) in [6.45, 7) is 1.72. The maximum Gasteiger partial charge on any atom is 0.146 e. The van der Waals surface area contributed by atoms with Crippen LogP contribution < -0.4 is 5.32 Å². The molecule has 1 fully saturated rings. The van der Waals surface area contributed by atoms with Gasteiger partial charge in [0.25, 0.3) is 0 Å². The number of ketones is 1. The minimum absolute atomic E-state index is 0.0878. The van der Waals surface area contributed by atoms with E-state index in [0.29, 0.717) is 12.2 Å². The molecule has 90 valence electrons. The van der Waals surface area contributed by atoms with Crippen LogP contribution in [0.2, 0.25) is 0 Å². The van der Waals surface area contributed by atoms with Crippen molar-refractivity contribution >= 4 is 16.6 Å². The Morgan fingerprint density at radius 3 is 2.28 bits per heavy atom. The van der Waals surface area contributed by atoms with Crippen LogP contribution in [0.4, 0.5) is 0 Å². The number of Topliss-reactive ketones (excluding diaryl/α,β-unsaturated/α-hetero) is 1. The van der Waals surface area contributed by atoms with E-state index in [2.05, 4.69) is 41.7 Å². The molecule has 1 aliphatic heterocycles. The zero-order chi connectivity index (χ0) is 12.2. The fraction of sp³-hybridized carbons (Fsp3) is 0.312. The molecule has 1 heterocycles. The van der Waals surface area contributed by atoms with Crippen molar-refractivity contribution in [2.24, 2.45) is 5.41 Å². The third-order valence-electron chi connectivity index (χ3n) is 4.47. The van der Waals surface area contributed by atoms with Crippen LogP contribution in [0.3, 0.4) is 0 Å². The highest BCUT2D eigenvalue weighted by molar-refractivity contribution is 5.93. The summed E-state index contributed by atoms with van der Waals surface area (Å²) in [7, 11) is 0. The monoisotopic (exact) mass is 237 g/mol. The van der Waals surface area contributed by atoms with Crippen LogP contribution in [0.15, 0.2) is 36.4 Å². The van der Waals surface area contributed by atoms with Gasteiger partial charge in [0.05, 0.1) is 5.41 Å². The van der Waals surface area contributed by atoms with Gasteiger partial charge in [-0.1, -0.05) is 36.4 Å². The number of nitrogens with one attached hydrogen (secondary N) is 1. The molecule has 2 aliphatic rings.